The Bertz CT molecular complexity index is 726. The van der Waals surface area contributed by atoms with Crippen LogP contribution in [0.15, 0.2) is 11.6 Å². The number of carbonyl (C=O) groups is 1. The van der Waals surface area contributed by atoms with Crippen LogP contribution in [0.3, 0.4) is 0 Å². The molecule has 0 bridgehead atoms. The van der Waals surface area contributed by atoms with E-state index < -0.39 is 24.4 Å². The Hall–Kier alpha value is -0.990. The molecule has 2 aliphatic heterocycles. The number of hydrogen-bond donors (Lipinski definition) is 4. The molecule has 4 N–H and O–H groups in total. The quantitative estimate of drug-likeness (QED) is 0.0624. The van der Waals surface area contributed by atoms with Gasteiger partial charge in [0.2, 0.25) is 0 Å². The van der Waals surface area contributed by atoms with Crippen LogP contribution in [0.2, 0.25) is 0 Å². The fourth-order valence-electron chi connectivity index (χ4n) is 6.40. The maximum Gasteiger partial charge on any atom is 0.334 e. The monoisotopic (exact) mass is 596 g/mol. The van der Waals surface area contributed by atoms with Gasteiger partial charge in [0.1, 0.15) is 6.10 Å². The van der Waals surface area contributed by atoms with Crippen LogP contribution >= 0.6 is 0 Å². The van der Waals surface area contributed by atoms with Crippen molar-refractivity contribution in [1.29, 1.82) is 0 Å². The Labute approximate surface area is 256 Å². The van der Waals surface area contributed by atoms with Crippen molar-refractivity contribution in [3.05, 3.63) is 11.6 Å². The van der Waals surface area contributed by atoms with Gasteiger partial charge in [-0.2, -0.15) is 0 Å². The molecule has 7 atom stereocenters. The van der Waals surface area contributed by atoms with Crippen molar-refractivity contribution in [3.63, 3.8) is 0 Å². The van der Waals surface area contributed by atoms with E-state index in [2.05, 4.69) is 6.92 Å². The van der Waals surface area contributed by atoms with Crippen LogP contribution < -0.4 is 0 Å². The average Bonchev–Trinajstić information content (AvgIpc) is 3.57. The molecular formula is C35H64O7. The fourth-order valence-corrected chi connectivity index (χ4v) is 6.40. The van der Waals surface area contributed by atoms with Gasteiger partial charge < -0.3 is 29.9 Å². The first kappa shape index (κ1) is 37.2. The van der Waals surface area contributed by atoms with Gasteiger partial charge in [-0.15, -0.1) is 0 Å². The first-order valence-corrected chi connectivity index (χ1v) is 17.6. The predicted molar refractivity (Wildman–Crippen MR) is 168 cm³/mol. The Morgan fingerprint density at radius 3 is 1.93 bits per heavy atom. The topological polar surface area (TPSA) is 116 Å². The predicted octanol–water partition coefficient (Wildman–Crippen LogP) is 7.06. The first-order chi connectivity index (χ1) is 20.3. The van der Waals surface area contributed by atoms with Crippen LogP contribution in [0.1, 0.15) is 162 Å². The number of rotatable bonds is 26. The van der Waals surface area contributed by atoms with Gasteiger partial charge in [-0.3, -0.25) is 0 Å². The van der Waals surface area contributed by atoms with Crippen molar-refractivity contribution < 1.29 is 34.7 Å². The smallest absolute Gasteiger partial charge is 0.334 e. The lowest BCUT2D eigenvalue weighted by atomic mass is 9.97. The highest BCUT2D eigenvalue weighted by molar-refractivity contribution is 5.90. The maximum absolute atomic E-state index is 11.7. The lowest BCUT2D eigenvalue weighted by molar-refractivity contribution is -0.139. The lowest BCUT2D eigenvalue weighted by Gasteiger charge is -2.22. The number of unbranched alkanes of at least 4 members (excludes halogenated alkanes) is 13. The van der Waals surface area contributed by atoms with Gasteiger partial charge in [-0.05, 0) is 57.9 Å². The summed E-state index contributed by atoms with van der Waals surface area (Å²) < 4.78 is 11.2. The van der Waals surface area contributed by atoms with Crippen molar-refractivity contribution in [3.8, 4) is 0 Å². The number of ether oxygens (including phenoxy) is 2. The molecule has 1 saturated heterocycles. The summed E-state index contributed by atoms with van der Waals surface area (Å²) in [6, 6.07) is 0. The molecule has 0 saturated carbocycles. The molecule has 0 amide bonds. The summed E-state index contributed by atoms with van der Waals surface area (Å²) in [6.45, 7) is 4.08. The highest BCUT2D eigenvalue weighted by atomic mass is 16.5. The third kappa shape index (κ3) is 16.2. The number of hydrogen-bond acceptors (Lipinski definition) is 7. The van der Waals surface area contributed by atoms with Gasteiger partial charge in [0.25, 0.3) is 0 Å². The van der Waals surface area contributed by atoms with E-state index in [9.17, 15) is 25.2 Å². The highest BCUT2D eigenvalue weighted by Crippen LogP contribution is 2.28. The second-order valence-electron chi connectivity index (χ2n) is 13.1. The first-order valence-electron chi connectivity index (χ1n) is 17.6. The van der Waals surface area contributed by atoms with E-state index in [0.29, 0.717) is 37.7 Å². The van der Waals surface area contributed by atoms with E-state index in [0.717, 1.165) is 51.4 Å². The fraction of sp³-hybridized carbons (Fsp3) is 0.914. The van der Waals surface area contributed by atoms with Gasteiger partial charge >= 0.3 is 5.97 Å². The molecular weight excluding hydrogens is 532 g/mol. The van der Waals surface area contributed by atoms with Crippen molar-refractivity contribution in [2.45, 2.75) is 204 Å². The molecule has 1 fully saturated rings. The number of carbonyl (C=O) groups excluding carboxylic acids is 1. The van der Waals surface area contributed by atoms with E-state index in [-0.39, 0.29) is 24.3 Å². The Morgan fingerprint density at radius 1 is 0.738 bits per heavy atom. The van der Waals surface area contributed by atoms with Gasteiger partial charge in [-0.25, -0.2) is 4.79 Å². The minimum absolute atomic E-state index is 0.149. The van der Waals surface area contributed by atoms with E-state index in [1.165, 1.54) is 64.2 Å². The van der Waals surface area contributed by atoms with Crippen molar-refractivity contribution in [2.75, 3.05) is 0 Å². The zero-order valence-electron chi connectivity index (χ0n) is 26.9. The Kier molecular flexibility index (Phi) is 19.9. The number of cyclic esters (lactones) is 1. The van der Waals surface area contributed by atoms with E-state index >= 15 is 0 Å². The molecule has 42 heavy (non-hydrogen) atoms. The van der Waals surface area contributed by atoms with E-state index in [4.69, 9.17) is 9.47 Å². The standard InChI is InChI=1S/C35H64O7/c1-3-4-5-6-7-8-9-10-11-12-13-17-20-31(37)32(38)22-23-33(39)34-24-21-30(42-34)19-16-14-15-18-29(36)26-28-25-27(2)41-35(28)40/h25,27,29-34,36-39H,3-24,26H2,1-2H3/t27-,29+,30-,31+,32+,33-,34-/m0/s1. The molecule has 0 aromatic heterocycles. The van der Waals surface area contributed by atoms with Crippen LogP contribution in [0, 0.1) is 0 Å². The molecule has 7 heteroatoms. The third-order valence-electron chi connectivity index (χ3n) is 9.14. The molecule has 246 valence electrons. The van der Waals surface area contributed by atoms with Crippen LogP contribution in [-0.4, -0.2) is 69.1 Å². The second-order valence-corrected chi connectivity index (χ2v) is 13.1. The summed E-state index contributed by atoms with van der Waals surface area (Å²) in [6.07, 6.45) is 22.3. The van der Waals surface area contributed by atoms with Crippen molar-refractivity contribution in [1.82, 2.24) is 0 Å². The molecule has 0 radical (unpaired) electrons. The second kappa shape index (κ2) is 22.5. The number of aliphatic hydroxyl groups is 4. The molecule has 2 rings (SSSR count). The third-order valence-corrected chi connectivity index (χ3v) is 9.14. The summed E-state index contributed by atoms with van der Waals surface area (Å²) in [5.74, 6) is -0.308. The van der Waals surface area contributed by atoms with Gasteiger partial charge in [0.15, 0.2) is 0 Å². The Balaban J connectivity index is 1.43. The van der Waals surface area contributed by atoms with Crippen LogP contribution in [0.5, 0.6) is 0 Å². The molecule has 0 aromatic carbocycles. The molecule has 0 aliphatic carbocycles. The van der Waals surface area contributed by atoms with Crippen LogP contribution in [0.4, 0.5) is 0 Å². The van der Waals surface area contributed by atoms with E-state index in [1.807, 2.05) is 6.92 Å². The van der Waals surface area contributed by atoms with Crippen molar-refractivity contribution in [2.24, 2.45) is 0 Å². The zero-order valence-corrected chi connectivity index (χ0v) is 26.9. The molecule has 7 nitrogen and oxygen atoms in total. The normalized spacial score (nSPS) is 23.5. The number of esters is 1. The highest BCUT2D eigenvalue weighted by Gasteiger charge is 2.31. The van der Waals surface area contributed by atoms with Gasteiger partial charge in [0.05, 0.1) is 36.6 Å². The summed E-state index contributed by atoms with van der Waals surface area (Å²) in [7, 11) is 0. The summed E-state index contributed by atoms with van der Waals surface area (Å²) in [4.78, 5) is 11.7. The summed E-state index contributed by atoms with van der Waals surface area (Å²) in [5, 5.41) is 41.6. The number of aliphatic hydroxyl groups excluding tert-OH is 4. The molecule has 2 aliphatic rings. The minimum atomic E-state index is -0.793. The van der Waals surface area contributed by atoms with Gasteiger partial charge in [0, 0.05) is 12.0 Å². The van der Waals surface area contributed by atoms with Gasteiger partial charge in [-0.1, -0.05) is 103 Å². The minimum Gasteiger partial charge on any atom is -0.455 e. The zero-order chi connectivity index (χ0) is 30.6. The SMILES string of the molecule is CCCCCCCCCCCCCC[C@@H](O)[C@H](O)CC[C@H](O)[C@@H]1CC[C@H](CCCCC[C@@H](O)CC2=C[C@H](C)OC2=O)O1. The largest absolute Gasteiger partial charge is 0.455 e. The molecule has 0 spiro atoms. The average molecular weight is 597 g/mol. The molecule has 0 unspecified atom stereocenters. The van der Waals surface area contributed by atoms with Crippen molar-refractivity contribution >= 4 is 5.97 Å². The molecule has 0 aromatic rings. The van der Waals surface area contributed by atoms with Crippen LogP contribution in [-0.2, 0) is 14.3 Å². The van der Waals surface area contributed by atoms with E-state index in [1.54, 1.807) is 6.08 Å². The molecule has 2 heterocycles. The summed E-state index contributed by atoms with van der Waals surface area (Å²) >= 11 is 0. The summed E-state index contributed by atoms with van der Waals surface area (Å²) in [5.41, 5.74) is 0.584. The Morgan fingerprint density at radius 2 is 1.31 bits per heavy atom. The van der Waals surface area contributed by atoms with Crippen LogP contribution in [0.25, 0.3) is 0 Å². The lowest BCUT2D eigenvalue weighted by Crippen LogP contribution is -2.31. The maximum atomic E-state index is 11.7.